The zero-order chi connectivity index (χ0) is 18.3. The predicted octanol–water partition coefficient (Wildman–Crippen LogP) is 5.86. The van der Waals surface area contributed by atoms with E-state index in [1.54, 1.807) is 0 Å². The molecule has 0 aliphatic carbocycles. The smallest absolute Gasteiger partial charge is 0.128 e. The fraction of sp³-hybridized carbons (Fsp3) is 1.00. The number of rotatable bonds is 17. The molecule has 2 heteroatoms. The summed E-state index contributed by atoms with van der Waals surface area (Å²) in [6.45, 7) is 9.93. The molecule has 0 aromatic heterocycles. The Balaban J connectivity index is 3.76. The average Bonchev–Trinajstić information content (AvgIpc) is 2.52. The van der Waals surface area contributed by atoms with Crippen molar-refractivity contribution in [2.75, 3.05) is 54.4 Å². The van der Waals surface area contributed by atoms with Crippen LogP contribution in [0.15, 0.2) is 0 Å². The Labute approximate surface area is 154 Å². The van der Waals surface area contributed by atoms with Crippen molar-refractivity contribution in [3.63, 3.8) is 0 Å². The van der Waals surface area contributed by atoms with E-state index in [9.17, 15) is 0 Å². The van der Waals surface area contributed by atoms with E-state index in [4.69, 9.17) is 0 Å². The molecule has 2 nitrogen and oxygen atoms in total. The maximum Gasteiger partial charge on any atom is 0.128 e. The van der Waals surface area contributed by atoms with Crippen LogP contribution in [0.4, 0.5) is 0 Å². The van der Waals surface area contributed by atoms with Gasteiger partial charge in [0, 0.05) is 0 Å². The Bertz CT molecular complexity index is 243. The molecule has 0 N–H and O–H groups in total. The van der Waals surface area contributed by atoms with Crippen molar-refractivity contribution in [1.82, 2.24) is 0 Å². The molecule has 0 fully saturated rings. The second kappa shape index (κ2) is 14.1. The van der Waals surface area contributed by atoms with Crippen molar-refractivity contribution in [2.24, 2.45) is 0 Å². The number of unbranched alkanes of at least 4 members (excludes halogenated alkanes) is 10. The molecule has 0 spiro atoms. The Morgan fingerprint density at radius 1 is 0.375 bits per heavy atom. The summed E-state index contributed by atoms with van der Waals surface area (Å²) in [6.07, 6.45) is 17.0. The molecule has 0 saturated heterocycles. The van der Waals surface area contributed by atoms with Gasteiger partial charge in [-0.1, -0.05) is 65.2 Å². The number of likely N-dealkylation sites (N-methyl/N-ethyl adjacent to an activating group) is 2. The Morgan fingerprint density at radius 2 is 0.667 bits per heavy atom. The lowest BCUT2D eigenvalue weighted by Crippen LogP contribution is -2.51. The zero-order valence-electron chi connectivity index (χ0n) is 18.2. The monoisotopic (exact) mass is 342 g/mol. The van der Waals surface area contributed by atoms with Crippen molar-refractivity contribution in [1.29, 1.82) is 0 Å². The first-order valence-corrected chi connectivity index (χ1v) is 11.0. The van der Waals surface area contributed by atoms with E-state index in [2.05, 4.69) is 42.0 Å². The number of hydrogen-bond donors (Lipinski definition) is 0. The predicted molar refractivity (Wildman–Crippen MR) is 110 cm³/mol. The second-order valence-corrected chi connectivity index (χ2v) is 9.30. The lowest BCUT2D eigenvalue weighted by Gasteiger charge is -2.36. The summed E-state index contributed by atoms with van der Waals surface area (Å²) in [5.41, 5.74) is 0. The van der Waals surface area contributed by atoms with E-state index in [0.29, 0.717) is 0 Å². The van der Waals surface area contributed by atoms with Crippen molar-refractivity contribution >= 4 is 0 Å². The molecule has 0 heterocycles. The van der Waals surface area contributed by atoms with E-state index in [-0.39, 0.29) is 0 Å². The third-order valence-corrected chi connectivity index (χ3v) is 5.54. The second-order valence-electron chi connectivity index (χ2n) is 9.30. The first-order valence-electron chi connectivity index (χ1n) is 11.0. The highest BCUT2D eigenvalue weighted by molar-refractivity contribution is 4.46. The zero-order valence-corrected chi connectivity index (χ0v) is 18.2. The van der Waals surface area contributed by atoms with Gasteiger partial charge in [-0.3, -0.25) is 0 Å². The van der Waals surface area contributed by atoms with Crippen molar-refractivity contribution in [3.05, 3.63) is 0 Å². The lowest BCUT2D eigenvalue weighted by molar-refractivity contribution is -0.946. The number of hydrogen-bond acceptors (Lipinski definition) is 0. The molecule has 146 valence electrons. The van der Waals surface area contributed by atoms with E-state index in [0.717, 1.165) is 0 Å². The third-order valence-electron chi connectivity index (χ3n) is 5.54. The molecule has 24 heavy (non-hydrogen) atoms. The summed E-state index contributed by atoms with van der Waals surface area (Å²) in [4.78, 5) is 0. The first kappa shape index (κ1) is 23.9. The fourth-order valence-electron chi connectivity index (χ4n) is 3.41. The van der Waals surface area contributed by atoms with Crippen LogP contribution in [0.5, 0.6) is 0 Å². The first-order chi connectivity index (χ1) is 11.3. The molecule has 0 rings (SSSR count). The van der Waals surface area contributed by atoms with E-state index in [1.807, 2.05) is 0 Å². The summed E-state index contributed by atoms with van der Waals surface area (Å²) in [5.74, 6) is 0. The van der Waals surface area contributed by atoms with E-state index in [1.165, 1.54) is 112 Å². The quantitative estimate of drug-likeness (QED) is 0.229. The molecule has 0 aromatic carbocycles. The SMILES string of the molecule is CCCCCCCC[N+](C)(C)CC[N+](C)(C)CCCCCCCC. The van der Waals surface area contributed by atoms with Gasteiger partial charge >= 0.3 is 0 Å². The largest absolute Gasteiger partial charge is 0.324 e. The number of quaternary nitrogens is 2. The highest BCUT2D eigenvalue weighted by Crippen LogP contribution is 2.11. The fourth-order valence-corrected chi connectivity index (χ4v) is 3.41. The molecule has 0 aliphatic rings. The van der Waals surface area contributed by atoms with Crippen LogP contribution < -0.4 is 0 Å². The lowest BCUT2D eigenvalue weighted by atomic mass is 10.1. The van der Waals surface area contributed by atoms with E-state index < -0.39 is 0 Å². The topological polar surface area (TPSA) is 0 Å². The molecule has 0 amide bonds. The van der Waals surface area contributed by atoms with Gasteiger partial charge in [0.15, 0.2) is 0 Å². The average molecular weight is 343 g/mol. The van der Waals surface area contributed by atoms with Gasteiger partial charge in [-0.05, 0) is 25.7 Å². The summed E-state index contributed by atoms with van der Waals surface area (Å²) in [7, 11) is 9.71. The molecule has 0 radical (unpaired) electrons. The maximum atomic E-state index is 2.43. The van der Waals surface area contributed by atoms with Gasteiger partial charge in [0.1, 0.15) is 13.1 Å². The van der Waals surface area contributed by atoms with Crippen LogP contribution >= 0.6 is 0 Å². The summed E-state index contributed by atoms with van der Waals surface area (Å²) < 4.78 is 2.40. The molecule has 0 unspecified atom stereocenters. The Hall–Kier alpha value is -0.0800. The molecule has 0 saturated carbocycles. The van der Waals surface area contributed by atoms with Crippen molar-refractivity contribution < 1.29 is 8.97 Å². The summed E-state index contributed by atoms with van der Waals surface area (Å²) in [5, 5.41) is 0. The molecule has 0 aliphatic heterocycles. The van der Waals surface area contributed by atoms with Crippen LogP contribution in [0.1, 0.15) is 90.9 Å². The molecule has 0 atom stereocenters. The highest BCUT2D eigenvalue weighted by Gasteiger charge is 2.22. The normalized spacial score (nSPS) is 12.8. The molecule has 0 bridgehead atoms. The van der Waals surface area contributed by atoms with Gasteiger partial charge in [0.2, 0.25) is 0 Å². The van der Waals surface area contributed by atoms with Crippen LogP contribution in [-0.2, 0) is 0 Å². The highest BCUT2D eigenvalue weighted by atomic mass is 15.4. The van der Waals surface area contributed by atoms with Crippen molar-refractivity contribution in [2.45, 2.75) is 90.9 Å². The Kier molecular flexibility index (Phi) is 14.1. The van der Waals surface area contributed by atoms with Crippen LogP contribution in [0.25, 0.3) is 0 Å². The molecular weight excluding hydrogens is 292 g/mol. The molecular formula is C22H50N2+2. The maximum absolute atomic E-state index is 2.43. The third kappa shape index (κ3) is 15.4. The van der Waals surface area contributed by atoms with Crippen LogP contribution in [0.3, 0.4) is 0 Å². The van der Waals surface area contributed by atoms with Gasteiger partial charge in [-0.2, -0.15) is 0 Å². The number of nitrogens with zero attached hydrogens (tertiary/aromatic N) is 2. The van der Waals surface area contributed by atoms with Crippen LogP contribution in [0.2, 0.25) is 0 Å². The van der Waals surface area contributed by atoms with E-state index >= 15 is 0 Å². The van der Waals surface area contributed by atoms with Crippen molar-refractivity contribution in [3.8, 4) is 0 Å². The summed E-state index contributed by atoms with van der Waals surface area (Å²) >= 11 is 0. The van der Waals surface area contributed by atoms with Crippen LogP contribution in [-0.4, -0.2) is 63.3 Å². The van der Waals surface area contributed by atoms with Gasteiger partial charge < -0.3 is 8.97 Å². The minimum absolute atomic E-state index is 1.20. The minimum Gasteiger partial charge on any atom is -0.324 e. The Morgan fingerprint density at radius 3 is 1.00 bits per heavy atom. The minimum atomic E-state index is 1.20. The van der Waals surface area contributed by atoms with Crippen LogP contribution in [0, 0.1) is 0 Å². The molecule has 0 aromatic rings. The standard InChI is InChI=1S/C22H50N2/c1-7-9-11-13-15-17-19-23(3,4)21-22-24(5,6)20-18-16-14-12-10-8-2/h7-22H2,1-6H3/q+2. The van der Waals surface area contributed by atoms with Gasteiger partial charge in [-0.25, -0.2) is 0 Å². The van der Waals surface area contributed by atoms with Gasteiger partial charge in [0.05, 0.1) is 41.3 Å². The van der Waals surface area contributed by atoms with Gasteiger partial charge in [0.25, 0.3) is 0 Å². The van der Waals surface area contributed by atoms with Gasteiger partial charge in [-0.15, -0.1) is 0 Å². The summed E-state index contributed by atoms with van der Waals surface area (Å²) in [6, 6.07) is 0.